The molecule has 0 aromatic carbocycles. The lowest BCUT2D eigenvalue weighted by atomic mass is 9.68. The number of hydrogen-bond donors (Lipinski definition) is 1. The number of rotatable bonds is 3. The first-order valence-corrected chi connectivity index (χ1v) is 5.58. The molecule has 0 unspecified atom stereocenters. The zero-order valence-corrected chi connectivity index (χ0v) is 11.1. The first-order valence-electron chi connectivity index (χ1n) is 5.58. The van der Waals surface area contributed by atoms with E-state index in [1.165, 1.54) is 0 Å². The third-order valence-corrected chi connectivity index (χ3v) is 2.30. The molecule has 14 heavy (non-hydrogen) atoms. The first-order chi connectivity index (χ1) is 5.97. The van der Waals surface area contributed by atoms with Crippen LogP contribution in [0.4, 0.5) is 0 Å². The van der Waals surface area contributed by atoms with Crippen LogP contribution >= 0.6 is 0 Å². The quantitative estimate of drug-likeness (QED) is 0.733. The van der Waals surface area contributed by atoms with E-state index in [0.717, 1.165) is 12.8 Å². The molecule has 0 aliphatic carbocycles. The summed E-state index contributed by atoms with van der Waals surface area (Å²) in [4.78, 5) is 0. The molecule has 0 aromatic rings. The highest BCUT2D eigenvalue weighted by atomic mass is 16.3. The van der Waals surface area contributed by atoms with Gasteiger partial charge in [-0.3, -0.25) is 0 Å². The van der Waals surface area contributed by atoms with Gasteiger partial charge >= 0.3 is 0 Å². The fraction of sp³-hybridized carbons (Fsp3) is 1.00. The van der Waals surface area contributed by atoms with Gasteiger partial charge < -0.3 is 5.11 Å². The van der Waals surface area contributed by atoms with Crippen LogP contribution in [0.15, 0.2) is 0 Å². The summed E-state index contributed by atoms with van der Waals surface area (Å²) in [5.74, 6) is 0. The molecule has 0 spiro atoms. The predicted octanol–water partition coefficient (Wildman–Crippen LogP) is 3.86. The summed E-state index contributed by atoms with van der Waals surface area (Å²) in [6, 6.07) is 0. The molecule has 0 atom stereocenters. The minimum absolute atomic E-state index is 0.0660. The van der Waals surface area contributed by atoms with Crippen LogP contribution in [0.3, 0.4) is 0 Å². The molecule has 0 bridgehead atoms. The monoisotopic (exact) mass is 200 g/mol. The van der Waals surface area contributed by atoms with Crippen LogP contribution in [0, 0.1) is 16.2 Å². The van der Waals surface area contributed by atoms with Gasteiger partial charge in [-0.25, -0.2) is 0 Å². The van der Waals surface area contributed by atoms with Crippen LogP contribution in [-0.4, -0.2) is 11.7 Å². The summed E-state index contributed by atoms with van der Waals surface area (Å²) >= 11 is 0. The molecule has 0 saturated heterocycles. The second-order valence-corrected chi connectivity index (χ2v) is 7.44. The van der Waals surface area contributed by atoms with Crippen molar-refractivity contribution in [3.63, 3.8) is 0 Å². The fourth-order valence-electron chi connectivity index (χ4n) is 2.73. The minimum Gasteiger partial charge on any atom is -0.396 e. The second-order valence-electron chi connectivity index (χ2n) is 7.44. The van der Waals surface area contributed by atoms with Gasteiger partial charge in [-0.15, -0.1) is 0 Å². The van der Waals surface area contributed by atoms with Gasteiger partial charge in [0.25, 0.3) is 0 Å². The Balaban J connectivity index is 4.49. The molecular weight excluding hydrogens is 172 g/mol. The Morgan fingerprint density at radius 2 is 1.00 bits per heavy atom. The van der Waals surface area contributed by atoms with Gasteiger partial charge in [0, 0.05) is 6.61 Å². The van der Waals surface area contributed by atoms with E-state index in [9.17, 15) is 5.11 Å². The van der Waals surface area contributed by atoms with Crippen molar-refractivity contribution in [1.82, 2.24) is 0 Å². The molecule has 0 heterocycles. The third-order valence-electron chi connectivity index (χ3n) is 2.30. The zero-order valence-electron chi connectivity index (χ0n) is 11.1. The molecule has 0 rings (SSSR count). The molecule has 0 aliphatic rings. The maximum atomic E-state index is 9.51. The Labute approximate surface area is 89.9 Å². The van der Waals surface area contributed by atoms with Crippen LogP contribution in [0.2, 0.25) is 0 Å². The Hall–Kier alpha value is -0.0400. The van der Waals surface area contributed by atoms with Crippen LogP contribution in [-0.2, 0) is 0 Å². The fourth-order valence-corrected chi connectivity index (χ4v) is 2.73. The number of aliphatic hydroxyl groups is 1. The van der Waals surface area contributed by atoms with E-state index in [0.29, 0.717) is 17.4 Å². The summed E-state index contributed by atoms with van der Waals surface area (Å²) in [5, 5.41) is 9.51. The van der Waals surface area contributed by atoms with Gasteiger partial charge in [0.1, 0.15) is 0 Å². The average molecular weight is 200 g/mol. The molecule has 1 nitrogen and oxygen atoms in total. The molecule has 86 valence electrons. The molecule has 0 fully saturated rings. The zero-order chi connectivity index (χ0) is 11.6. The lowest BCUT2D eigenvalue weighted by Crippen LogP contribution is -2.31. The summed E-state index contributed by atoms with van der Waals surface area (Å²) in [6.07, 6.45) is 2.15. The SMILES string of the molecule is CC(C)(C)CC(C)(CO)CC(C)(C)C. The van der Waals surface area contributed by atoms with Gasteiger partial charge in [-0.2, -0.15) is 0 Å². The third kappa shape index (κ3) is 6.42. The van der Waals surface area contributed by atoms with E-state index in [2.05, 4.69) is 48.5 Å². The largest absolute Gasteiger partial charge is 0.396 e. The Kier molecular flexibility index (Phi) is 4.21. The van der Waals surface area contributed by atoms with Crippen molar-refractivity contribution in [1.29, 1.82) is 0 Å². The van der Waals surface area contributed by atoms with Crippen molar-refractivity contribution in [2.24, 2.45) is 16.2 Å². The topological polar surface area (TPSA) is 20.2 Å². The molecule has 0 aromatic heterocycles. The molecule has 0 saturated carbocycles. The van der Waals surface area contributed by atoms with E-state index in [4.69, 9.17) is 0 Å². The summed E-state index contributed by atoms with van der Waals surface area (Å²) in [7, 11) is 0. The second kappa shape index (κ2) is 4.22. The van der Waals surface area contributed by atoms with E-state index < -0.39 is 0 Å². The van der Waals surface area contributed by atoms with Gasteiger partial charge in [0.15, 0.2) is 0 Å². The Bertz CT molecular complexity index is 153. The average Bonchev–Trinajstić information content (AvgIpc) is 1.78. The molecular formula is C13H28O. The van der Waals surface area contributed by atoms with Gasteiger partial charge in [0.05, 0.1) is 0 Å². The number of aliphatic hydroxyl groups excluding tert-OH is 1. The summed E-state index contributed by atoms with van der Waals surface area (Å²) in [5.41, 5.74) is 0.655. The maximum absolute atomic E-state index is 9.51. The lowest BCUT2D eigenvalue weighted by molar-refractivity contribution is 0.0535. The van der Waals surface area contributed by atoms with E-state index >= 15 is 0 Å². The molecule has 0 aliphatic heterocycles. The summed E-state index contributed by atoms with van der Waals surface area (Å²) < 4.78 is 0. The first kappa shape index (κ1) is 14.0. The molecule has 1 heteroatoms. The smallest absolute Gasteiger partial charge is 0.0485 e. The van der Waals surface area contributed by atoms with Gasteiger partial charge in [0.2, 0.25) is 0 Å². The van der Waals surface area contributed by atoms with Crippen molar-refractivity contribution in [3.8, 4) is 0 Å². The van der Waals surface area contributed by atoms with E-state index in [1.807, 2.05) is 0 Å². The van der Waals surface area contributed by atoms with Crippen LogP contribution in [0.5, 0.6) is 0 Å². The van der Waals surface area contributed by atoms with Crippen LogP contribution < -0.4 is 0 Å². The van der Waals surface area contributed by atoms with Crippen molar-refractivity contribution >= 4 is 0 Å². The predicted molar refractivity (Wildman–Crippen MR) is 63.3 cm³/mol. The normalized spacial score (nSPS) is 14.6. The Morgan fingerprint density at radius 1 is 0.714 bits per heavy atom. The van der Waals surface area contributed by atoms with E-state index in [1.54, 1.807) is 0 Å². The Morgan fingerprint density at radius 3 is 1.14 bits per heavy atom. The highest BCUT2D eigenvalue weighted by Gasteiger charge is 2.33. The van der Waals surface area contributed by atoms with Crippen molar-refractivity contribution in [2.45, 2.75) is 61.3 Å². The van der Waals surface area contributed by atoms with Crippen LogP contribution in [0.25, 0.3) is 0 Å². The van der Waals surface area contributed by atoms with Crippen LogP contribution in [0.1, 0.15) is 61.3 Å². The summed E-state index contributed by atoms with van der Waals surface area (Å²) in [6.45, 7) is 15.9. The van der Waals surface area contributed by atoms with Crippen molar-refractivity contribution in [2.75, 3.05) is 6.61 Å². The maximum Gasteiger partial charge on any atom is 0.0485 e. The standard InChI is InChI=1S/C13H28O/c1-11(2,3)8-13(7,10-14)9-12(4,5)6/h14H,8-10H2,1-7H3. The number of hydrogen-bond acceptors (Lipinski definition) is 1. The minimum atomic E-state index is 0.0660. The van der Waals surface area contributed by atoms with Gasteiger partial charge in [-0.1, -0.05) is 48.5 Å². The molecule has 0 radical (unpaired) electrons. The van der Waals surface area contributed by atoms with Crippen molar-refractivity contribution < 1.29 is 5.11 Å². The lowest BCUT2D eigenvalue weighted by Gasteiger charge is -2.38. The highest BCUT2D eigenvalue weighted by molar-refractivity contribution is 4.83. The molecule has 0 amide bonds. The highest BCUT2D eigenvalue weighted by Crippen LogP contribution is 2.41. The van der Waals surface area contributed by atoms with Gasteiger partial charge in [-0.05, 0) is 29.1 Å². The van der Waals surface area contributed by atoms with Crippen molar-refractivity contribution in [3.05, 3.63) is 0 Å². The van der Waals surface area contributed by atoms with E-state index in [-0.39, 0.29) is 5.41 Å². The molecule has 1 N–H and O–H groups in total.